The van der Waals surface area contributed by atoms with E-state index in [9.17, 15) is 0 Å². The smallest absolute Gasteiger partial charge is 0.237 e. The summed E-state index contributed by atoms with van der Waals surface area (Å²) < 4.78 is 5.29. The van der Waals surface area contributed by atoms with Gasteiger partial charge >= 0.3 is 0 Å². The topological polar surface area (TPSA) is 47.0 Å². The minimum Gasteiger partial charge on any atom is -0.480 e. The van der Waals surface area contributed by atoms with Crippen LogP contribution in [0.2, 0.25) is 0 Å². The van der Waals surface area contributed by atoms with Crippen LogP contribution in [-0.4, -0.2) is 34.6 Å². The minimum absolute atomic E-state index is 0.195. The van der Waals surface area contributed by atoms with Crippen molar-refractivity contribution in [2.24, 2.45) is 0 Å². The Morgan fingerprint density at radius 2 is 2.06 bits per heavy atom. The molecule has 1 rings (SSSR count). The highest BCUT2D eigenvalue weighted by Gasteiger charge is 2.18. The van der Waals surface area contributed by atoms with E-state index in [1.54, 1.807) is 19.5 Å². The molecule has 0 aliphatic heterocycles. The fourth-order valence-corrected chi connectivity index (χ4v) is 2.43. The van der Waals surface area contributed by atoms with E-state index in [0.29, 0.717) is 11.1 Å². The number of rotatable bonds is 8. The second kappa shape index (κ2) is 8.32. The number of thioether (sulfide) groups is 1. The van der Waals surface area contributed by atoms with Crippen molar-refractivity contribution >= 4 is 11.8 Å². The van der Waals surface area contributed by atoms with Crippen LogP contribution in [0.3, 0.4) is 0 Å². The summed E-state index contributed by atoms with van der Waals surface area (Å²) in [5, 5.41) is 4.12. The number of hydrogen-bond donors (Lipinski definition) is 1. The molecule has 0 fully saturated rings. The van der Waals surface area contributed by atoms with Gasteiger partial charge in [-0.2, -0.15) is 11.8 Å². The van der Waals surface area contributed by atoms with Crippen molar-refractivity contribution in [1.29, 1.82) is 0 Å². The maximum Gasteiger partial charge on any atom is 0.237 e. The zero-order valence-corrected chi connectivity index (χ0v) is 12.5. The molecule has 0 radical (unpaired) electrons. The predicted octanol–water partition coefficient (Wildman–Crippen LogP) is 2.67. The van der Waals surface area contributed by atoms with Crippen molar-refractivity contribution in [1.82, 2.24) is 15.3 Å². The molecule has 0 saturated heterocycles. The third-order valence-corrected chi connectivity index (χ3v) is 3.64. The molecule has 0 bridgehead atoms. The Morgan fingerprint density at radius 1 is 1.33 bits per heavy atom. The highest BCUT2D eigenvalue weighted by Crippen LogP contribution is 2.25. The first kappa shape index (κ1) is 15.2. The van der Waals surface area contributed by atoms with Gasteiger partial charge in [0.2, 0.25) is 5.88 Å². The Hall–Kier alpha value is -0.810. The average molecular weight is 269 g/mol. The Morgan fingerprint density at radius 3 is 2.67 bits per heavy atom. The quantitative estimate of drug-likeness (QED) is 0.786. The van der Waals surface area contributed by atoms with Crippen molar-refractivity contribution in [3.63, 3.8) is 0 Å². The van der Waals surface area contributed by atoms with Crippen molar-refractivity contribution in [3.8, 4) is 5.88 Å². The Bertz CT molecular complexity index is 347. The van der Waals surface area contributed by atoms with E-state index < -0.39 is 0 Å². The lowest BCUT2D eigenvalue weighted by atomic mass is 10.2. The normalized spacial score (nSPS) is 12.7. The van der Waals surface area contributed by atoms with Crippen molar-refractivity contribution < 1.29 is 4.74 Å². The van der Waals surface area contributed by atoms with Crippen LogP contribution in [0.1, 0.15) is 38.9 Å². The molecule has 4 nitrogen and oxygen atoms in total. The number of nitrogens with one attached hydrogen (secondary N) is 1. The monoisotopic (exact) mass is 269 g/mol. The molecule has 0 saturated carbocycles. The van der Waals surface area contributed by atoms with Gasteiger partial charge < -0.3 is 10.1 Å². The molecule has 0 spiro atoms. The van der Waals surface area contributed by atoms with E-state index in [0.717, 1.165) is 24.4 Å². The first-order valence-electron chi connectivity index (χ1n) is 6.38. The third-order valence-electron chi connectivity index (χ3n) is 2.45. The largest absolute Gasteiger partial charge is 0.480 e. The predicted molar refractivity (Wildman–Crippen MR) is 77.2 cm³/mol. The van der Waals surface area contributed by atoms with Crippen LogP contribution in [0.5, 0.6) is 5.88 Å². The first-order valence-corrected chi connectivity index (χ1v) is 7.43. The lowest BCUT2D eigenvalue weighted by Crippen LogP contribution is -2.26. The van der Waals surface area contributed by atoms with Gasteiger partial charge in [-0.25, -0.2) is 4.98 Å². The van der Waals surface area contributed by atoms with Crippen LogP contribution < -0.4 is 10.1 Å². The zero-order chi connectivity index (χ0) is 13.4. The lowest BCUT2D eigenvalue weighted by molar-refractivity contribution is 0.380. The van der Waals surface area contributed by atoms with Crippen LogP contribution >= 0.6 is 11.8 Å². The molecule has 1 aromatic heterocycles. The van der Waals surface area contributed by atoms with E-state index in [2.05, 4.69) is 36.1 Å². The molecule has 0 amide bonds. The first-order chi connectivity index (χ1) is 8.69. The van der Waals surface area contributed by atoms with Gasteiger partial charge in [-0.3, -0.25) is 4.98 Å². The summed E-state index contributed by atoms with van der Waals surface area (Å²) in [6.45, 7) is 7.54. The molecule has 102 valence electrons. The van der Waals surface area contributed by atoms with E-state index in [4.69, 9.17) is 4.74 Å². The maximum atomic E-state index is 5.29. The summed E-state index contributed by atoms with van der Waals surface area (Å²) in [5.74, 6) is 1.60. The van der Waals surface area contributed by atoms with Crippen molar-refractivity contribution in [2.45, 2.75) is 38.5 Å². The van der Waals surface area contributed by atoms with Gasteiger partial charge in [-0.1, -0.05) is 20.8 Å². The molecular formula is C13H23N3OS. The molecule has 0 aliphatic rings. The third kappa shape index (κ3) is 4.82. The van der Waals surface area contributed by atoms with Crippen molar-refractivity contribution in [3.05, 3.63) is 18.1 Å². The number of aromatic nitrogens is 2. The molecule has 0 aliphatic carbocycles. The molecular weight excluding hydrogens is 246 g/mol. The van der Waals surface area contributed by atoms with Crippen molar-refractivity contribution in [2.75, 3.05) is 19.4 Å². The Labute approximate surface area is 114 Å². The summed E-state index contributed by atoms with van der Waals surface area (Å²) in [5.41, 5.74) is 0.904. The number of hydrogen-bond acceptors (Lipinski definition) is 5. The fraction of sp³-hybridized carbons (Fsp3) is 0.692. The van der Waals surface area contributed by atoms with E-state index in [-0.39, 0.29) is 6.04 Å². The summed E-state index contributed by atoms with van der Waals surface area (Å²) in [7, 11) is 1.64. The minimum atomic E-state index is 0.195. The number of ether oxygens (including phenoxy) is 1. The molecule has 1 N–H and O–H groups in total. The molecule has 5 heteroatoms. The van der Waals surface area contributed by atoms with Crippen LogP contribution in [0.25, 0.3) is 0 Å². The van der Waals surface area contributed by atoms with Crippen LogP contribution in [-0.2, 0) is 0 Å². The standard InChI is InChI=1S/C13H23N3OS/c1-5-6-14-11(9-18-10(2)3)12-13(17-4)16-8-7-15-12/h7-8,10-11,14H,5-6,9H2,1-4H3. The molecule has 1 aromatic rings. The summed E-state index contributed by atoms with van der Waals surface area (Å²) in [6.07, 6.45) is 4.48. The van der Waals surface area contributed by atoms with Crippen LogP contribution in [0.4, 0.5) is 0 Å². The molecule has 18 heavy (non-hydrogen) atoms. The fourth-order valence-electron chi connectivity index (χ4n) is 1.57. The summed E-state index contributed by atoms with van der Waals surface area (Å²) in [6, 6.07) is 0.195. The maximum absolute atomic E-state index is 5.29. The molecule has 1 heterocycles. The van der Waals surface area contributed by atoms with Crippen LogP contribution in [0, 0.1) is 0 Å². The SMILES string of the molecule is CCCNC(CSC(C)C)c1nccnc1OC. The average Bonchev–Trinajstić information content (AvgIpc) is 2.38. The highest BCUT2D eigenvalue weighted by atomic mass is 32.2. The van der Waals surface area contributed by atoms with Gasteiger partial charge in [0, 0.05) is 18.1 Å². The second-order valence-corrected chi connectivity index (χ2v) is 5.95. The van der Waals surface area contributed by atoms with E-state index in [1.807, 2.05) is 11.8 Å². The van der Waals surface area contributed by atoms with Gasteiger partial charge in [0.1, 0.15) is 5.69 Å². The summed E-state index contributed by atoms with van der Waals surface area (Å²) >= 11 is 1.92. The summed E-state index contributed by atoms with van der Waals surface area (Å²) in [4.78, 5) is 8.64. The van der Waals surface area contributed by atoms with E-state index >= 15 is 0 Å². The lowest BCUT2D eigenvalue weighted by Gasteiger charge is -2.20. The van der Waals surface area contributed by atoms with E-state index in [1.165, 1.54) is 0 Å². The van der Waals surface area contributed by atoms with Gasteiger partial charge in [-0.15, -0.1) is 0 Å². The van der Waals surface area contributed by atoms with Crippen LogP contribution in [0.15, 0.2) is 12.4 Å². The second-order valence-electron chi connectivity index (χ2n) is 4.34. The van der Waals surface area contributed by atoms with Gasteiger partial charge in [0.25, 0.3) is 0 Å². The van der Waals surface area contributed by atoms with Gasteiger partial charge in [0.05, 0.1) is 13.2 Å². The number of methoxy groups -OCH3 is 1. The van der Waals surface area contributed by atoms with Gasteiger partial charge in [0.15, 0.2) is 0 Å². The zero-order valence-electron chi connectivity index (χ0n) is 11.6. The Balaban J connectivity index is 2.79. The van der Waals surface area contributed by atoms with Gasteiger partial charge in [-0.05, 0) is 18.2 Å². The molecule has 1 atom stereocenters. The molecule has 1 unspecified atom stereocenters. The highest BCUT2D eigenvalue weighted by molar-refractivity contribution is 7.99. The number of nitrogens with zero attached hydrogens (tertiary/aromatic N) is 2. The molecule has 0 aromatic carbocycles. The Kier molecular flexibility index (Phi) is 7.05.